The number of ether oxygens (including phenoxy) is 1. The van der Waals surface area contributed by atoms with Gasteiger partial charge in [-0.05, 0) is 35.7 Å². The van der Waals surface area contributed by atoms with E-state index in [1.54, 1.807) is 35.2 Å². The summed E-state index contributed by atoms with van der Waals surface area (Å²) in [5.74, 6) is 2.20. The van der Waals surface area contributed by atoms with E-state index in [-0.39, 0.29) is 10.8 Å². The van der Waals surface area contributed by atoms with Crippen molar-refractivity contribution in [1.82, 2.24) is 9.21 Å². The highest BCUT2D eigenvalue weighted by atomic mass is 32.2. The van der Waals surface area contributed by atoms with Gasteiger partial charge in [0.05, 0.1) is 7.11 Å². The molecule has 2 saturated heterocycles. The lowest BCUT2D eigenvalue weighted by atomic mass is 10.2. The molecule has 0 saturated carbocycles. The SMILES string of the molecule is COc1ccc(N2CCN(C(=O)c3sccc3S(=O)(=O)N3CCSCC3)CC2)cc1. The zero-order chi connectivity index (χ0) is 21.1. The maximum Gasteiger partial charge on any atom is 0.265 e. The van der Waals surface area contributed by atoms with Crippen LogP contribution in [0.3, 0.4) is 0 Å². The topological polar surface area (TPSA) is 70.2 Å². The van der Waals surface area contributed by atoms with Gasteiger partial charge in [-0.3, -0.25) is 4.79 Å². The molecule has 2 fully saturated rings. The molecule has 10 heteroatoms. The van der Waals surface area contributed by atoms with Crippen LogP contribution in [0.4, 0.5) is 5.69 Å². The number of amides is 1. The Hall–Kier alpha value is -1.75. The van der Waals surface area contributed by atoms with E-state index in [9.17, 15) is 13.2 Å². The van der Waals surface area contributed by atoms with E-state index in [1.807, 2.05) is 24.3 Å². The minimum absolute atomic E-state index is 0.155. The minimum atomic E-state index is -3.63. The largest absolute Gasteiger partial charge is 0.497 e. The number of methoxy groups -OCH3 is 1. The molecular formula is C20H25N3O4S3. The normalized spacial score (nSPS) is 18.4. The summed E-state index contributed by atoms with van der Waals surface area (Å²) in [5.41, 5.74) is 1.09. The van der Waals surface area contributed by atoms with Crippen LogP contribution in [-0.2, 0) is 10.0 Å². The molecule has 30 heavy (non-hydrogen) atoms. The molecule has 2 aliphatic heterocycles. The Bertz CT molecular complexity index is 977. The predicted octanol–water partition coefficient (Wildman–Crippen LogP) is 2.46. The van der Waals surface area contributed by atoms with E-state index in [0.717, 1.165) is 22.9 Å². The van der Waals surface area contributed by atoms with Crippen molar-refractivity contribution in [3.05, 3.63) is 40.6 Å². The highest BCUT2D eigenvalue weighted by molar-refractivity contribution is 7.99. The molecule has 0 aliphatic carbocycles. The Morgan fingerprint density at radius 1 is 0.967 bits per heavy atom. The molecule has 0 unspecified atom stereocenters. The van der Waals surface area contributed by atoms with Crippen molar-refractivity contribution in [2.45, 2.75) is 4.90 Å². The summed E-state index contributed by atoms with van der Waals surface area (Å²) in [7, 11) is -1.99. The molecular weight excluding hydrogens is 442 g/mol. The highest BCUT2D eigenvalue weighted by Gasteiger charge is 2.33. The van der Waals surface area contributed by atoms with E-state index in [2.05, 4.69) is 4.90 Å². The summed E-state index contributed by atoms with van der Waals surface area (Å²) in [6.07, 6.45) is 0. The summed E-state index contributed by atoms with van der Waals surface area (Å²) in [5, 5.41) is 1.70. The average molecular weight is 468 g/mol. The molecule has 162 valence electrons. The lowest BCUT2D eigenvalue weighted by Crippen LogP contribution is -2.49. The molecule has 0 bridgehead atoms. The van der Waals surface area contributed by atoms with Gasteiger partial charge in [-0.15, -0.1) is 11.3 Å². The van der Waals surface area contributed by atoms with Crippen LogP contribution in [0.2, 0.25) is 0 Å². The van der Waals surface area contributed by atoms with Gasteiger partial charge in [0.25, 0.3) is 5.91 Å². The van der Waals surface area contributed by atoms with Crippen molar-refractivity contribution in [3.8, 4) is 5.75 Å². The van der Waals surface area contributed by atoms with Gasteiger partial charge in [-0.1, -0.05) is 0 Å². The van der Waals surface area contributed by atoms with Crippen LogP contribution in [0.1, 0.15) is 9.67 Å². The van der Waals surface area contributed by atoms with E-state index in [0.29, 0.717) is 44.1 Å². The van der Waals surface area contributed by atoms with E-state index >= 15 is 0 Å². The molecule has 0 spiro atoms. The van der Waals surface area contributed by atoms with Crippen molar-refractivity contribution in [3.63, 3.8) is 0 Å². The van der Waals surface area contributed by atoms with Gasteiger partial charge in [0.1, 0.15) is 15.5 Å². The van der Waals surface area contributed by atoms with Crippen molar-refractivity contribution >= 4 is 44.7 Å². The third-order valence-electron chi connectivity index (χ3n) is 5.42. The van der Waals surface area contributed by atoms with Gasteiger partial charge in [0.2, 0.25) is 10.0 Å². The second-order valence-electron chi connectivity index (χ2n) is 7.11. The summed E-state index contributed by atoms with van der Waals surface area (Å²) in [6, 6.07) is 9.44. The van der Waals surface area contributed by atoms with E-state index in [1.165, 1.54) is 15.6 Å². The van der Waals surface area contributed by atoms with Crippen molar-refractivity contribution in [2.24, 2.45) is 0 Å². The first-order valence-electron chi connectivity index (χ1n) is 9.84. The second kappa shape index (κ2) is 9.17. The van der Waals surface area contributed by atoms with Gasteiger partial charge in [0.15, 0.2) is 0 Å². The average Bonchev–Trinajstić information content (AvgIpc) is 3.30. The lowest BCUT2D eigenvalue weighted by Gasteiger charge is -2.36. The predicted molar refractivity (Wildman–Crippen MR) is 122 cm³/mol. The van der Waals surface area contributed by atoms with Crippen LogP contribution in [-0.4, -0.2) is 81.4 Å². The summed E-state index contributed by atoms with van der Waals surface area (Å²) >= 11 is 2.97. The van der Waals surface area contributed by atoms with Crippen molar-refractivity contribution < 1.29 is 17.9 Å². The molecule has 0 atom stereocenters. The van der Waals surface area contributed by atoms with Crippen LogP contribution in [0.15, 0.2) is 40.6 Å². The number of thiophene rings is 1. The standard InChI is InChI=1S/C20H25N3O4S3/c1-27-17-4-2-16(3-5-17)21-7-9-22(10-8-21)20(24)19-18(6-13-29-19)30(25,26)23-11-14-28-15-12-23/h2-6,13H,7-12,14-15H2,1H3. The monoisotopic (exact) mass is 467 g/mol. The van der Waals surface area contributed by atoms with Crippen LogP contribution in [0.5, 0.6) is 5.75 Å². The number of benzene rings is 1. The molecule has 4 rings (SSSR count). The Balaban J connectivity index is 1.44. The third-order valence-corrected chi connectivity index (χ3v) is 9.33. The molecule has 1 aromatic carbocycles. The summed E-state index contributed by atoms with van der Waals surface area (Å²) < 4.78 is 32.9. The zero-order valence-corrected chi connectivity index (χ0v) is 19.3. The smallest absolute Gasteiger partial charge is 0.265 e. The number of hydrogen-bond acceptors (Lipinski definition) is 7. The fraction of sp³-hybridized carbons (Fsp3) is 0.450. The van der Waals surface area contributed by atoms with Crippen LogP contribution < -0.4 is 9.64 Å². The molecule has 1 amide bonds. The fourth-order valence-electron chi connectivity index (χ4n) is 3.69. The first-order valence-corrected chi connectivity index (χ1v) is 13.3. The molecule has 3 heterocycles. The molecule has 1 aromatic heterocycles. The van der Waals surface area contributed by atoms with Crippen LogP contribution in [0.25, 0.3) is 0 Å². The van der Waals surface area contributed by atoms with Crippen molar-refractivity contribution in [2.75, 3.05) is 62.8 Å². The molecule has 0 N–H and O–H groups in total. The number of carbonyl (C=O) groups excluding carboxylic acids is 1. The Morgan fingerprint density at radius 2 is 1.63 bits per heavy atom. The lowest BCUT2D eigenvalue weighted by molar-refractivity contribution is 0.0748. The van der Waals surface area contributed by atoms with Gasteiger partial charge in [-0.25, -0.2) is 8.42 Å². The van der Waals surface area contributed by atoms with Crippen molar-refractivity contribution in [1.29, 1.82) is 0 Å². The maximum absolute atomic E-state index is 13.2. The number of hydrogen-bond donors (Lipinski definition) is 0. The van der Waals surface area contributed by atoms with E-state index < -0.39 is 10.0 Å². The quantitative estimate of drug-likeness (QED) is 0.673. The summed E-state index contributed by atoms with van der Waals surface area (Å²) in [4.78, 5) is 17.6. The Morgan fingerprint density at radius 3 is 2.27 bits per heavy atom. The fourth-order valence-corrected chi connectivity index (χ4v) is 7.63. The van der Waals surface area contributed by atoms with Gasteiger partial charge >= 0.3 is 0 Å². The number of carbonyl (C=O) groups is 1. The second-order valence-corrected chi connectivity index (χ2v) is 11.2. The van der Waals surface area contributed by atoms with Crippen LogP contribution in [0, 0.1) is 0 Å². The maximum atomic E-state index is 13.2. The Kier molecular flexibility index (Phi) is 6.57. The van der Waals surface area contributed by atoms with Gasteiger partial charge < -0.3 is 14.5 Å². The minimum Gasteiger partial charge on any atom is -0.497 e. The van der Waals surface area contributed by atoms with Crippen LogP contribution >= 0.6 is 23.1 Å². The molecule has 2 aliphatic rings. The first kappa shape index (κ1) is 21.5. The van der Waals surface area contributed by atoms with E-state index in [4.69, 9.17) is 4.74 Å². The molecule has 2 aromatic rings. The highest BCUT2D eigenvalue weighted by Crippen LogP contribution is 2.29. The number of thioether (sulfide) groups is 1. The Labute approximate surface area is 185 Å². The summed E-state index contributed by atoms with van der Waals surface area (Å²) in [6.45, 7) is 3.52. The molecule has 7 nitrogen and oxygen atoms in total. The number of anilines is 1. The number of sulfonamides is 1. The number of nitrogens with zero attached hydrogens (tertiary/aromatic N) is 3. The van der Waals surface area contributed by atoms with Gasteiger partial charge in [0, 0.05) is 56.5 Å². The zero-order valence-electron chi connectivity index (χ0n) is 16.8. The first-order chi connectivity index (χ1) is 14.5. The number of rotatable bonds is 5. The van der Waals surface area contributed by atoms with Gasteiger partial charge in [-0.2, -0.15) is 16.1 Å². The third kappa shape index (κ3) is 4.32. The molecule has 0 radical (unpaired) electrons. The number of piperazine rings is 1.